The zero-order chi connectivity index (χ0) is 12.4. The predicted molar refractivity (Wildman–Crippen MR) is 54.1 cm³/mol. The Morgan fingerprint density at radius 2 is 2.35 bits per heavy atom. The van der Waals surface area contributed by atoms with Gasteiger partial charge in [0.1, 0.15) is 10.8 Å². The molecule has 0 unspecified atom stereocenters. The third kappa shape index (κ3) is 2.38. The maximum Gasteiger partial charge on any atom is 0.338 e. The van der Waals surface area contributed by atoms with Crippen molar-refractivity contribution in [3.63, 3.8) is 0 Å². The molecular formula is C8H6FN5O2S. The van der Waals surface area contributed by atoms with E-state index in [0.717, 1.165) is 24.0 Å². The largest absolute Gasteiger partial charge is 0.478 e. The number of rotatable bonds is 3. The van der Waals surface area contributed by atoms with E-state index in [0.29, 0.717) is 5.16 Å². The highest BCUT2D eigenvalue weighted by molar-refractivity contribution is 7.99. The molecular weight excluding hydrogens is 249 g/mol. The molecule has 0 aliphatic heterocycles. The smallest absolute Gasteiger partial charge is 0.338 e. The van der Waals surface area contributed by atoms with E-state index in [9.17, 15) is 9.18 Å². The van der Waals surface area contributed by atoms with Gasteiger partial charge in [-0.1, -0.05) is 0 Å². The van der Waals surface area contributed by atoms with Crippen LogP contribution in [-0.2, 0) is 7.05 Å². The Balaban J connectivity index is 2.39. The molecule has 0 saturated carbocycles. The van der Waals surface area contributed by atoms with Crippen LogP contribution in [0.25, 0.3) is 0 Å². The molecule has 9 heteroatoms. The summed E-state index contributed by atoms with van der Waals surface area (Å²) in [4.78, 5) is 14.6. The maximum atomic E-state index is 12.9. The fraction of sp³-hybridized carbons (Fsp3) is 0.125. The predicted octanol–water partition coefficient (Wildman–Crippen LogP) is 0.594. The summed E-state index contributed by atoms with van der Waals surface area (Å²) in [5, 5.41) is 20.1. The van der Waals surface area contributed by atoms with Gasteiger partial charge in [0.2, 0.25) is 5.16 Å². The second-order valence-corrected chi connectivity index (χ2v) is 3.95. The number of carbonyl (C=O) groups is 1. The number of aromatic carboxylic acids is 1. The first-order valence-electron chi connectivity index (χ1n) is 4.37. The van der Waals surface area contributed by atoms with Gasteiger partial charge in [0.25, 0.3) is 0 Å². The number of hydrogen-bond acceptors (Lipinski definition) is 6. The van der Waals surface area contributed by atoms with Gasteiger partial charge in [-0.2, -0.15) is 0 Å². The third-order valence-electron chi connectivity index (χ3n) is 1.82. The van der Waals surface area contributed by atoms with Gasteiger partial charge in [0.15, 0.2) is 0 Å². The molecule has 2 aromatic heterocycles. The number of aromatic nitrogens is 5. The summed E-state index contributed by atoms with van der Waals surface area (Å²) in [6.07, 6.45) is 0.943. The van der Waals surface area contributed by atoms with Crippen LogP contribution in [-0.4, -0.2) is 36.3 Å². The van der Waals surface area contributed by atoms with Crippen molar-refractivity contribution in [2.24, 2.45) is 7.05 Å². The minimum absolute atomic E-state index is 0.136. The summed E-state index contributed by atoms with van der Waals surface area (Å²) in [5.41, 5.74) is -0.224. The van der Waals surface area contributed by atoms with Gasteiger partial charge in [0.05, 0.1) is 11.8 Å². The Morgan fingerprint density at radius 3 is 2.94 bits per heavy atom. The summed E-state index contributed by atoms with van der Waals surface area (Å²) in [5.74, 6) is -1.96. The van der Waals surface area contributed by atoms with Gasteiger partial charge < -0.3 is 5.11 Å². The summed E-state index contributed by atoms with van der Waals surface area (Å²) in [7, 11) is 1.60. The van der Waals surface area contributed by atoms with E-state index in [4.69, 9.17) is 5.11 Å². The number of halogens is 1. The van der Waals surface area contributed by atoms with Crippen molar-refractivity contribution in [2.45, 2.75) is 10.2 Å². The van der Waals surface area contributed by atoms with Gasteiger partial charge in [-0.15, -0.1) is 5.10 Å². The number of tetrazole rings is 1. The lowest BCUT2D eigenvalue weighted by Gasteiger charge is -2.02. The molecule has 2 aromatic rings. The lowest BCUT2D eigenvalue weighted by atomic mass is 10.3. The average Bonchev–Trinajstić information content (AvgIpc) is 2.67. The lowest BCUT2D eigenvalue weighted by molar-refractivity contribution is 0.0691. The zero-order valence-electron chi connectivity index (χ0n) is 8.53. The van der Waals surface area contributed by atoms with Gasteiger partial charge in [-0.05, 0) is 28.3 Å². The fourth-order valence-corrected chi connectivity index (χ4v) is 1.84. The van der Waals surface area contributed by atoms with Crippen LogP contribution in [0.5, 0.6) is 0 Å². The van der Waals surface area contributed by atoms with E-state index in [1.165, 1.54) is 4.68 Å². The third-order valence-corrected chi connectivity index (χ3v) is 2.86. The zero-order valence-corrected chi connectivity index (χ0v) is 9.35. The van der Waals surface area contributed by atoms with Crippen LogP contribution in [0.1, 0.15) is 10.4 Å². The monoisotopic (exact) mass is 255 g/mol. The van der Waals surface area contributed by atoms with Crippen molar-refractivity contribution in [1.82, 2.24) is 25.2 Å². The molecule has 2 heterocycles. The molecule has 0 spiro atoms. The van der Waals surface area contributed by atoms with Crippen molar-refractivity contribution in [2.75, 3.05) is 0 Å². The number of aryl methyl sites for hydroxylation is 1. The van der Waals surface area contributed by atoms with Gasteiger partial charge >= 0.3 is 5.97 Å². The Bertz CT molecular complexity index is 573. The lowest BCUT2D eigenvalue weighted by Crippen LogP contribution is -2.03. The van der Waals surface area contributed by atoms with Crippen LogP contribution < -0.4 is 0 Å². The standard InChI is InChI=1S/C8H6FN5O2S/c1-14-8(11-12-13-14)17-6-5(7(15)16)2-4(9)3-10-6/h2-3H,1H3,(H,15,16). The molecule has 7 nitrogen and oxygen atoms in total. The normalized spacial score (nSPS) is 10.5. The van der Waals surface area contributed by atoms with Crippen LogP contribution >= 0.6 is 11.8 Å². The van der Waals surface area contributed by atoms with E-state index in [1.54, 1.807) is 7.05 Å². The maximum absolute atomic E-state index is 12.9. The average molecular weight is 255 g/mol. The topological polar surface area (TPSA) is 93.8 Å². The number of carboxylic acids is 1. The summed E-state index contributed by atoms with van der Waals surface area (Å²) < 4.78 is 14.2. The van der Waals surface area contributed by atoms with Crippen LogP contribution in [0.4, 0.5) is 4.39 Å². The van der Waals surface area contributed by atoms with E-state index in [-0.39, 0.29) is 10.6 Å². The van der Waals surface area contributed by atoms with Crippen LogP contribution in [0, 0.1) is 5.82 Å². The Labute approximate surface area is 98.7 Å². The van der Waals surface area contributed by atoms with Gasteiger partial charge in [-0.3, -0.25) is 0 Å². The molecule has 0 bridgehead atoms. The van der Waals surface area contributed by atoms with Crippen molar-refractivity contribution in [3.8, 4) is 0 Å². The van der Waals surface area contributed by atoms with Crippen molar-refractivity contribution < 1.29 is 14.3 Å². The molecule has 0 aliphatic rings. The van der Waals surface area contributed by atoms with Gasteiger partial charge in [0, 0.05) is 7.05 Å². The molecule has 0 atom stereocenters. The molecule has 0 radical (unpaired) electrons. The number of nitrogens with zero attached hydrogens (tertiary/aromatic N) is 5. The summed E-state index contributed by atoms with van der Waals surface area (Å²) in [6, 6.07) is 0.904. The highest BCUT2D eigenvalue weighted by Gasteiger charge is 2.16. The van der Waals surface area contributed by atoms with Crippen molar-refractivity contribution in [3.05, 3.63) is 23.6 Å². The van der Waals surface area contributed by atoms with Crippen LogP contribution in [0.3, 0.4) is 0 Å². The van der Waals surface area contributed by atoms with Crippen molar-refractivity contribution >= 4 is 17.7 Å². The molecule has 17 heavy (non-hydrogen) atoms. The van der Waals surface area contributed by atoms with Crippen LogP contribution in [0.2, 0.25) is 0 Å². The molecule has 0 saturated heterocycles. The molecule has 1 N–H and O–H groups in total. The first-order chi connectivity index (χ1) is 8.08. The quantitative estimate of drug-likeness (QED) is 0.857. The summed E-state index contributed by atoms with van der Waals surface area (Å²) in [6.45, 7) is 0. The highest BCUT2D eigenvalue weighted by Crippen LogP contribution is 2.26. The van der Waals surface area contributed by atoms with Gasteiger partial charge in [-0.25, -0.2) is 18.9 Å². The van der Waals surface area contributed by atoms with E-state index >= 15 is 0 Å². The number of carboxylic acid groups (broad SMARTS) is 1. The minimum Gasteiger partial charge on any atom is -0.478 e. The van der Waals surface area contributed by atoms with E-state index < -0.39 is 11.8 Å². The molecule has 0 aromatic carbocycles. The Kier molecular flexibility index (Phi) is 3.00. The minimum atomic E-state index is -1.25. The van der Waals surface area contributed by atoms with E-state index in [1.807, 2.05) is 0 Å². The Morgan fingerprint density at radius 1 is 1.59 bits per heavy atom. The number of hydrogen-bond donors (Lipinski definition) is 1. The first-order valence-corrected chi connectivity index (χ1v) is 5.18. The molecule has 0 aliphatic carbocycles. The number of pyridine rings is 1. The molecule has 0 amide bonds. The highest BCUT2D eigenvalue weighted by atomic mass is 32.2. The summed E-state index contributed by atoms with van der Waals surface area (Å²) >= 11 is 0.953. The molecule has 2 rings (SSSR count). The molecule has 88 valence electrons. The Hall–Kier alpha value is -2.03. The second-order valence-electron chi connectivity index (χ2n) is 3.00. The molecule has 0 fully saturated rings. The van der Waals surface area contributed by atoms with Crippen molar-refractivity contribution in [1.29, 1.82) is 0 Å². The fourth-order valence-electron chi connectivity index (χ4n) is 1.06. The first kappa shape index (κ1) is 11.5. The SMILES string of the molecule is Cn1nnnc1Sc1ncc(F)cc1C(=O)O. The second kappa shape index (κ2) is 4.45. The van der Waals surface area contributed by atoms with Crippen LogP contribution in [0.15, 0.2) is 22.4 Å². The van der Waals surface area contributed by atoms with E-state index in [2.05, 4.69) is 20.5 Å².